The van der Waals surface area contributed by atoms with Crippen LogP contribution in [0, 0.1) is 0 Å². The van der Waals surface area contributed by atoms with E-state index in [1.165, 1.54) is 0 Å². The van der Waals surface area contributed by atoms with Crippen LogP contribution in [0.1, 0.15) is 24.5 Å². The molecular weight excluding hydrogens is 280 g/mol. The lowest BCUT2D eigenvalue weighted by Gasteiger charge is -2.20. The third-order valence-corrected chi connectivity index (χ3v) is 4.76. The molecule has 0 bridgehead atoms. The van der Waals surface area contributed by atoms with Crippen molar-refractivity contribution in [1.82, 2.24) is 10.2 Å². The zero-order valence-corrected chi connectivity index (χ0v) is 10.5. The Hall–Kier alpha value is -0.490. The van der Waals surface area contributed by atoms with Crippen LogP contribution in [0.2, 0.25) is 0 Å². The predicted octanol–water partition coefficient (Wildman–Crippen LogP) is 1.53. The summed E-state index contributed by atoms with van der Waals surface area (Å²) in [5.74, 6) is 0.774. The highest BCUT2D eigenvalue weighted by Gasteiger charge is 2.25. The number of nitrogens with zero attached hydrogens (tertiary/aromatic N) is 2. The van der Waals surface area contributed by atoms with Gasteiger partial charge in [0, 0.05) is 10.4 Å². The molecular formula is C9H11BrN2O2S. The molecule has 82 valence electrons. The molecule has 0 saturated carbocycles. The Kier molecular flexibility index (Phi) is 3.06. The zero-order valence-electron chi connectivity index (χ0n) is 8.06. The quantitative estimate of drug-likeness (QED) is 0.787. The fraction of sp³-hybridized carbons (Fsp3) is 0.556. The second-order valence-electron chi connectivity index (χ2n) is 3.72. The van der Waals surface area contributed by atoms with Crippen LogP contribution in [0.25, 0.3) is 0 Å². The van der Waals surface area contributed by atoms with Gasteiger partial charge in [-0.15, -0.1) is 0 Å². The second kappa shape index (κ2) is 4.17. The summed E-state index contributed by atoms with van der Waals surface area (Å²) in [6.07, 6.45) is 2.95. The minimum atomic E-state index is -2.79. The highest BCUT2D eigenvalue weighted by Crippen LogP contribution is 2.28. The molecule has 0 aliphatic carbocycles. The molecule has 6 heteroatoms. The first-order valence-corrected chi connectivity index (χ1v) is 7.37. The minimum Gasteiger partial charge on any atom is -0.229 e. The number of aromatic nitrogens is 2. The van der Waals surface area contributed by atoms with Crippen molar-refractivity contribution in [3.05, 3.63) is 22.4 Å². The van der Waals surface area contributed by atoms with Crippen molar-refractivity contribution < 1.29 is 8.42 Å². The third-order valence-electron chi connectivity index (χ3n) is 2.61. The second-order valence-corrected chi connectivity index (χ2v) is 6.94. The van der Waals surface area contributed by atoms with Gasteiger partial charge in [-0.05, 0) is 34.8 Å². The smallest absolute Gasteiger partial charge is 0.150 e. The van der Waals surface area contributed by atoms with Crippen molar-refractivity contribution in [2.24, 2.45) is 0 Å². The maximum atomic E-state index is 11.2. The molecule has 1 saturated heterocycles. The van der Waals surface area contributed by atoms with Crippen LogP contribution in [-0.4, -0.2) is 30.1 Å². The highest BCUT2D eigenvalue weighted by molar-refractivity contribution is 9.10. The Bertz CT molecular complexity index is 447. The van der Waals surface area contributed by atoms with Crippen LogP contribution in [-0.2, 0) is 9.84 Å². The molecule has 0 atom stereocenters. The van der Waals surface area contributed by atoms with Gasteiger partial charge >= 0.3 is 0 Å². The molecule has 1 aliphatic rings. The third kappa shape index (κ3) is 2.75. The van der Waals surface area contributed by atoms with Crippen molar-refractivity contribution in [2.75, 3.05) is 11.5 Å². The van der Waals surface area contributed by atoms with Gasteiger partial charge in [0.15, 0.2) is 0 Å². The van der Waals surface area contributed by atoms with Crippen molar-refractivity contribution in [1.29, 1.82) is 0 Å². The lowest BCUT2D eigenvalue weighted by molar-refractivity contribution is 0.541. The van der Waals surface area contributed by atoms with E-state index in [0.717, 1.165) is 10.2 Å². The van der Waals surface area contributed by atoms with Gasteiger partial charge in [-0.25, -0.2) is 8.42 Å². The molecule has 1 aliphatic heterocycles. The van der Waals surface area contributed by atoms with Crippen LogP contribution >= 0.6 is 15.9 Å². The van der Waals surface area contributed by atoms with Crippen molar-refractivity contribution in [3.63, 3.8) is 0 Å². The predicted molar refractivity (Wildman–Crippen MR) is 60.4 cm³/mol. The molecule has 0 spiro atoms. The number of hydrogen-bond donors (Lipinski definition) is 0. The van der Waals surface area contributed by atoms with Gasteiger partial charge < -0.3 is 0 Å². The zero-order chi connectivity index (χ0) is 10.9. The van der Waals surface area contributed by atoms with Crippen LogP contribution in [0.4, 0.5) is 0 Å². The fourth-order valence-corrected chi connectivity index (χ4v) is 3.56. The molecule has 0 amide bonds. The normalized spacial score (nSPS) is 21.4. The summed E-state index contributed by atoms with van der Waals surface area (Å²) in [7, 11) is -2.79. The number of halogens is 1. The van der Waals surface area contributed by atoms with E-state index in [1.54, 1.807) is 6.20 Å². The first-order chi connectivity index (χ1) is 7.07. The first kappa shape index (κ1) is 11.0. The summed E-state index contributed by atoms with van der Waals surface area (Å²) in [5.41, 5.74) is 0.888. The summed E-state index contributed by atoms with van der Waals surface area (Å²) < 4.78 is 23.4. The van der Waals surface area contributed by atoms with Crippen molar-refractivity contribution >= 4 is 25.8 Å². The maximum Gasteiger partial charge on any atom is 0.150 e. The maximum absolute atomic E-state index is 11.2. The van der Waals surface area contributed by atoms with E-state index in [2.05, 4.69) is 26.1 Å². The Morgan fingerprint density at radius 1 is 1.33 bits per heavy atom. The van der Waals surface area contributed by atoms with Crippen LogP contribution in [0.5, 0.6) is 0 Å². The van der Waals surface area contributed by atoms with Crippen LogP contribution in [0.3, 0.4) is 0 Å². The van der Waals surface area contributed by atoms with Crippen molar-refractivity contribution in [2.45, 2.75) is 18.8 Å². The number of rotatable bonds is 1. The van der Waals surface area contributed by atoms with Gasteiger partial charge in [-0.1, -0.05) is 0 Å². The van der Waals surface area contributed by atoms with Gasteiger partial charge in [0.25, 0.3) is 0 Å². The summed E-state index contributed by atoms with van der Waals surface area (Å²) in [4.78, 5) is 0. The van der Waals surface area contributed by atoms with Gasteiger partial charge in [0.2, 0.25) is 0 Å². The van der Waals surface area contributed by atoms with Gasteiger partial charge in [-0.3, -0.25) is 0 Å². The van der Waals surface area contributed by atoms with E-state index in [9.17, 15) is 8.42 Å². The molecule has 4 nitrogen and oxygen atoms in total. The summed E-state index contributed by atoms with van der Waals surface area (Å²) in [5, 5.41) is 7.89. The first-order valence-electron chi connectivity index (χ1n) is 4.75. The Labute approximate surface area is 97.2 Å². The average Bonchev–Trinajstić information content (AvgIpc) is 2.17. The Morgan fingerprint density at radius 3 is 2.60 bits per heavy atom. The number of hydrogen-bond acceptors (Lipinski definition) is 4. The highest BCUT2D eigenvalue weighted by atomic mass is 79.9. The molecule has 1 aromatic heterocycles. The number of sulfone groups is 1. The molecule has 0 unspecified atom stereocenters. The molecule has 1 fully saturated rings. The van der Waals surface area contributed by atoms with E-state index < -0.39 is 9.84 Å². The fourth-order valence-electron chi connectivity index (χ4n) is 1.74. The SMILES string of the molecule is O=S1(=O)CCC(c2cc(Br)cnn2)CC1. The topological polar surface area (TPSA) is 59.9 Å². The largest absolute Gasteiger partial charge is 0.229 e. The van der Waals surface area contributed by atoms with Crippen molar-refractivity contribution in [3.8, 4) is 0 Å². The van der Waals surface area contributed by atoms with Crippen LogP contribution < -0.4 is 0 Å². The monoisotopic (exact) mass is 290 g/mol. The summed E-state index contributed by atoms with van der Waals surface area (Å²) >= 11 is 3.33. The minimum absolute atomic E-state index is 0.235. The average molecular weight is 291 g/mol. The summed E-state index contributed by atoms with van der Waals surface area (Å²) in [6.45, 7) is 0. The van der Waals surface area contributed by atoms with E-state index in [-0.39, 0.29) is 17.4 Å². The Balaban J connectivity index is 2.14. The van der Waals surface area contributed by atoms with E-state index in [4.69, 9.17) is 0 Å². The lowest BCUT2D eigenvalue weighted by Crippen LogP contribution is -2.22. The van der Waals surface area contributed by atoms with E-state index >= 15 is 0 Å². The molecule has 1 aromatic rings. The van der Waals surface area contributed by atoms with Crippen LogP contribution in [0.15, 0.2) is 16.7 Å². The van der Waals surface area contributed by atoms with E-state index in [1.807, 2.05) is 6.07 Å². The van der Waals surface area contributed by atoms with E-state index in [0.29, 0.717) is 12.8 Å². The molecule has 0 N–H and O–H groups in total. The molecule has 0 radical (unpaired) electrons. The molecule has 15 heavy (non-hydrogen) atoms. The molecule has 2 rings (SSSR count). The standard InChI is InChI=1S/C9H11BrN2O2S/c10-8-5-9(12-11-6-8)7-1-3-15(13,14)4-2-7/h5-7H,1-4H2. The Morgan fingerprint density at radius 2 is 2.00 bits per heavy atom. The van der Waals surface area contributed by atoms with Gasteiger partial charge in [0.1, 0.15) is 9.84 Å². The lowest BCUT2D eigenvalue weighted by atomic mass is 9.99. The summed E-state index contributed by atoms with van der Waals surface area (Å²) in [6, 6.07) is 1.91. The molecule has 0 aromatic carbocycles. The molecule has 2 heterocycles. The van der Waals surface area contributed by atoms with Gasteiger partial charge in [0.05, 0.1) is 23.4 Å². The van der Waals surface area contributed by atoms with Gasteiger partial charge in [-0.2, -0.15) is 10.2 Å².